The van der Waals surface area contributed by atoms with Crippen LogP contribution < -0.4 is 10.2 Å². The van der Waals surface area contributed by atoms with Crippen LogP contribution in [0.5, 0.6) is 0 Å². The third-order valence-electron chi connectivity index (χ3n) is 4.56. The highest BCUT2D eigenvalue weighted by atomic mass is 19.4. The summed E-state index contributed by atoms with van der Waals surface area (Å²) in [6.45, 7) is 2.33. The summed E-state index contributed by atoms with van der Waals surface area (Å²) < 4.78 is 43.9. The molecule has 2 amide bonds. The minimum Gasteiger partial charge on any atom is -0.378 e. The van der Waals surface area contributed by atoms with Crippen molar-refractivity contribution in [2.45, 2.75) is 12.7 Å². The number of aromatic nitrogens is 2. The van der Waals surface area contributed by atoms with Gasteiger partial charge in [0.05, 0.1) is 19.8 Å². The number of nitrogens with one attached hydrogen (secondary N) is 1. The lowest BCUT2D eigenvalue weighted by Crippen LogP contribution is -2.37. The molecule has 30 heavy (non-hydrogen) atoms. The van der Waals surface area contributed by atoms with Crippen LogP contribution in [0.3, 0.4) is 0 Å². The van der Waals surface area contributed by atoms with Crippen LogP contribution in [-0.2, 0) is 27.0 Å². The molecule has 0 spiro atoms. The van der Waals surface area contributed by atoms with Gasteiger partial charge in [-0.3, -0.25) is 14.3 Å². The van der Waals surface area contributed by atoms with E-state index in [4.69, 9.17) is 4.74 Å². The van der Waals surface area contributed by atoms with Crippen molar-refractivity contribution < 1.29 is 27.5 Å². The third-order valence-corrected chi connectivity index (χ3v) is 4.56. The van der Waals surface area contributed by atoms with Gasteiger partial charge in [-0.15, -0.1) is 0 Å². The Labute approximate surface area is 171 Å². The molecule has 8 nitrogen and oxygen atoms in total. The van der Waals surface area contributed by atoms with E-state index in [1.807, 2.05) is 12.1 Å². The highest BCUT2D eigenvalue weighted by molar-refractivity contribution is 5.94. The SMILES string of the molecule is CN(CC(=O)Nc1ccc(N2CCOCC2)cc1)C(=O)Cn1ccc(C(F)(F)F)n1. The number of morpholine rings is 1. The van der Waals surface area contributed by atoms with Gasteiger partial charge < -0.3 is 19.9 Å². The zero-order valence-corrected chi connectivity index (χ0v) is 16.4. The number of benzene rings is 1. The summed E-state index contributed by atoms with van der Waals surface area (Å²) in [4.78, 5) is 27.7. The van der Waals surface area contributed by atoms with Crippen LogP contribution in [0.25, 0.3) is 0 Å². The Hall–Kier alpha value is -3.08. The Bertz CT molecular complexity index is 876. The van der Waals surface area contributed by atoms with E-state index in [9.17, 15) is 22.8 Å². The van der Waals surface area contributed by atoms with Gasteiger partial charge in [0.1, 0.15) is 6.54 Å². The van der Waals surface area contributed by atoms with Gasteiger partial charge in [-0.05, 0) is 30.3 Å². The number of ether oxygens (including phenoxy) is 1. The van der Waals surface area contributed by atoms with E-state index < -0.39 is 30.2 Å². The summed E-state index contributed by atoms with van der Waals surface area (Å²) in [6, 6.07) is 8.12. The van der Waals surface area contributed by atoms with Gasteiger partial charge in [0.25, 0.3) is 0 Å². The number of nitrogens with zero attached hydrogens (tertiary/aromatic N) is 4. The van der Waals surface area contributed by atoms with Crippen LogP contribution >= 0.6 is 0 Å². The van der Waals surface area contributed by atoms with Crippen LogP contribution in [0.15, 0.2) is 36.5 Å². The number of halogens is 3. The number of amides is 2. The molecule has 1 saturated heterocycles. The molecule has 2 aromatic rings. The zero-order chi connectivity index (χ0) is 21.7. The first kappa shape index (κ1) is 21.6. The monoisotopic (exact) mass is 425 g/mol. The molecule has 0 saturated carbocycles. The summed E-state index contributed by atoms with van der Waals surface area (Å²) in [5.41, 5.74) is 0.539. The zero-order valence-electron chi connectivity index (χ0n) is 16.4. The van der Waals surface area contributed by atoms with Gasteiger partial charge >= 0.3 is 6.18 Å². The molecule has 162 valence electrons. The van der Waals surface area contributed by atoms with Crippen molar-refractivity contribution in [2.75, 3.05) is 50.1 Å². The van der Waals surface area contributed by atoms with E-state index >= 15 is 0 Å². The van der Waals surface area contributed by atoms with Gasteiger partial charge in [0.2, 0.25) is 11.8 Å². The molecule has 1 N–H and O–H groups in total. The highest BCUT2D eigenvalue weighted by Crippen LogP contribution is 2.27. The fourth-order valence-electron chi connectivity index (χ4n) is 2.94. The van der Waals surface area contributed by atoms with E-state index in [1.165, 1.54) is 7.05 Å². The van der Waals surface area contributed by atoms with Crippen molar-refractivity contribution in [3.8, 4) is 0 Å². The summed E-state index contributed by atoms with van der Waals surface area (Å²) in [7, 11) is 1.40. The number of likely N-dealkylation sites (N-methyl/N-ethyl adjacent to an activating group) is 1. The topological polar surface area (TPSA) is 79.7 Å². The Balaban J connectivity index is 1.49. The van der Waals surface area contributed by atoms with Crippen molar-refractivity contribution >= 4 is 23.2 Å². The fraction of sp³-hybridized carbons (Fsp3) is 0.421. The van der Waals surface area contributed by atoms with E-state index in [1.54, 1.807) is 12.1 Å². The summed E-state index contributed by atoms with van der Waals surface area (Å²) >= 11 is 0. The molecule has 11 heteroatoms. The molecule has 0 radical (unpaired) electrons. The second kappa shape index (κ2) is 9.16. The lowest BCUT2D eigenvalue weighted by molar-refractivity contribution is -0.142. The molecular weight excluding hydrogens is 403 g/mol. The number of carbonyl (C=O) groups is 2. The first-order chi connectivity index (χ1) is 14.2. The maximum atomic E-state index is 12.6. The number of carbonyl (C=O) groups excluding carboxylic acids is 2. The molecule has 0 aliphatic carbocycles. The third kappa shape index (κ3) is 5.72. The molecule has 0 unspecified atom stereocenters. The molecule has 2 heterocycles. The second-order valence-corrected chi connectivity index (χ2v) is 6.84. The minimum atomic E-state index is -4.57. The Kier molecular flexibility index (Phi) is 6.60. The lowest BCUT2D eigenvalue weighted by atomic mass is 10.2. The number of alkyl halides is 3. The fourth-order valence-corrected chi connectivity index (χ4v) is 2.94. The van der Waals surface area contributed by atoms with Crippen molar-refractivity contribution in [3.63, 3.8) is 0 Å². The summed E-state index contributed by atoms with van der Waals surface area (Å²) in [5.74, 6) is -0.953. The average molecular weight is 425 g/mol. The number of rotatable bonds is 6. The Morgan fingerprint density at radius 1 is 1.17 bits per heavy atom. The second-order valence-electron chi connectivity index (χ2n) is 6.84. The first-order valence-corrected chi connectivity index (χ1v) is 9.29. The van der Waals surface area contributed by atoms with Crippen molar-refractivity contribution in [1.82, 2.24) is 14.7 Å². The molecule has 1 aliphatic heterocycles. The van der Waals surface area contributed by atoms with Crippen LogP contribution in [0.2, 0.25) is 0 Å². The highest BCUT2D eigenvalue weighted by Gasteiger charge is 2.33. The van der Waals surface area contributed by atoms with E-state index in [0.717, 1.165) is 40.6 Å². The van der Waals surface area contributed by atoms with Gasteiger partial charge in [-0.1, -0.05) is 0 Å². The van der Waals surface area contributed by atoms with Gasteiger partial charge in [-0.25, -0.2) is 0 Å². The van der Waals surface area contributed by atoms with Crippen LogP contribution in [0, 0.1) is 0 Å². The first-order valence-electron chi connectivity index (χ1n) is 9.29. The molecule has 1 aromatic carbocycles. The molecular formula is C19H22F3N5O3. The molecule has 3 rings (SSSR count). The van der Waals surface area contributed by atoms with Gasteiger partial charge in [-0.2, -0.15) is 18.3 Å². The van der Waals surface area contributed by atoms with Crippen LogP contribution in [0.1, 0.15) is 5.69 Å². The van der Waals surface area contributed by atoms with Crippen molar-refractivity contribution in [3.05, 3.63) is 42.2 Å². The van der Waals surface area contributed by atoms with E-state index in [0.29, 0.717) is 18.9 Å². The molecule has 1 aromatic heterocycles. The van der Waals surface area contributed by atoms with Gasteiger partial charge in [0, 0.05) is 37.7 Å². The summed E-state index contributed by atoms with van der Waals surface area (Å²) in [5, 5.41) is 6.03. The Morgan fingerprint density at radius 3 is 2.43 bits per heavy atom. The maximum Gasteiger partial charge on any atom is 0.435 e. The average Bonchev–Trinajstić information content (AvgIpc) is 3.18. The minimum absolute atomic E-state index is 0.239. The number of anilines is 2. The maximum absolute atomic E-state index is 12.6. The van der Waals surface area contributed by atoms with E-state index in [-0.39, 0.29) is 6.54 Å². The van der Waals surface area contributed by atoms with E-state index in [2.05, 4.69) is 15.3 Å². The van der Waals surface area contributed by atoms with Crippen LogP contribution in [0.4, 0.5) is 24.5 Å². The summed E-state index contributed by atoms with van der Waals surface area (Å²) in [6.07, 6.45) is -3.50. The molecule has 0 bridgehead atoms. The number of hydrogen-bond donors (Lipinski definition) is 1. The van der Waals surface area contributed by atoms with Crippen molar-refractivity contribution in [2.24, 2.45) is 0 Å². The quantitative estimate of drug-likeness (QED) is 0.764. The normalized spacial score (nSPS) is 14.5. The predicted octanol–water partition coefficient (Wildman–Crippen LogP) is 1.84. The Morgan fingerprint density at radius 2 is 1.83 bits per heavy atom. The van der Waals surface area contributed by atoms with Gasteiger partial charge in [0.15, 0.2) is 5.69 Å². The number of hydrogen-bond acceptors (Lipinski definition) is 5. The largest absolute Gasteiger partial charge is 0.435 e. The van der Waals surface area contributed by atoms with Crippen molar-refractivity contribution in [1.29, 1.82) is 0 Å². The lowest BCUT2D eigenvalue weighted by Gasteiger charge is -2.28. The standard InChI is InChI=1S/C19H22F3N5O3/c1-25(18(29)13-27-7-6-16(24-27)19(20,21)22)12-17(28)23-14-2-4-15(5-3-14)26-8-10-30-11-9-26/h2-7H,8-13H2,1H3,(H,23,28). The molecule has 1 fully saturated rings. The molecule has 0 atom stereocenters. The molecule has 1 aliphatic rings. The predicted molar refractivity (Wildman–Crippen MR) is 103 cm³/mol. The van der Waals surface area contributed by atoms with Crippen LogP contribution in [-0.4, -0.2) is 66.4 Å². The smallest absolute Gasteiger partial charge is 0.378 e.